The number of benzene rings is 1. The molecule has 4 nitrogen and oxygen atoms in total. The summed E-state index contributed by atoms with van der Waals surface area (Å²) in [6.07, 6.45) is 4.33. The zero-order valence-electron chi connectivity index (χ0n) is 12.8. The van der Waals surface area contributed by atoms with Gasteiger partial charge < -0.3 is 0 Å². The Bertz CT molecular complexity index is 957. The van der Waals surface area contributed by atoms with E-state index in [-0.39, 0.29) is 0 Å². The van der Waals surface area contributed by atoms with Crippen LogP contribution in [0.4, 0.5) is 0 Å². The van der Waals surface area contributed by atoms with Crippen molar-refractivity contribution in [2.45, 2.75) is 13.3 Å². The number of aromatic nitrogens is 4. The summed E-state index contributed by atoms with van der Waals surface area (Å²) in [5.41, 5.74) is 4.22. The van der Waals surface area contributed by atoms with Gasteiger partial charge in [0.15, 0.2) is 5.65 Å². The summed E-state index contributed by atoms with van der Waals surface area (Å²) in [5.74, 6) is 1.79. The highest BCUT2D eigenvalue weighted by atomic mass is 15.2. The maximum absolute atomic E-state index is 4.77. The van der Waals surface area contributed by atoms with Gasteiger partial charge in [-0.15, -0.1) is 0 Å². The zero-order chi connectivity index (χ0) is 15.6. The summed E-state index contributed by atoms with van der Waals surface area (Å²) < 4.78 is 2.04. The first-order valence-electron chi connectivity index (χ1n) is 7.60. The fourth-order valence-corrected chi connectivity index (χ4v) is 2.81. The van der Waals surface area contributed by atoms with Gasteiger partial charge in [0.05, 0.1) is 0 Å². The van der Waals surface area contributed by atoms with Crippen LogP contribution in [0.3, 0.4) is 0 Å². The minimum absolute atomic E-state index is 0.745. The third-order valence-corrected chi connectivity index (χ3v) is 3.81. The minimum Gasteiger partial charge on any atom is -0.264 e. The molecule has 0 N–H and O–H groups in total. The lowest BCUT2D eigenvalue weighted by Gasteiger charge is -2.08. The first kappa shape index (κ1) is 13.6. The van der Waals surface area contributed by atoms with Crippen LogP contribution < -0.4 is 0 Å². The molecule has 3 aromatic heterocycles. The molecule has 1 aromatic carbocycles. The van der Waals surface area contributed by atoms with Crippen LogP contribution in [0.2, 0.25) is 0 Å². The third kappa shape index (κ3) is 2.59. The van der Waals surface area contributed by atoms with Gasteiger partial charge in [-0.05, 0) is 36.8 Å². The Labute approximate surface area is 134 Å². The fraction of sp³-hybridized carbons (Fsp3) is 0.105. The van der Waals surface area contributed by atoms with Gasteiger partial charge in [-0.25, -0.2) is 15.0 Å². The van der Waals surface area contributed by atoms with Crippen LogP contribution in [-0.4, -0.2) is 19.5 Å². The van der Waals surface area contributed by atoms with Crippen LogP contribution in [0.5, 0.6) is 0 Å². The molecular formula is C19H16N4. The van der Waals surface area contributed by atoms with Crippen LogP contribution in [0.25, 0.3) is 17.0 Å². The maximum Gasteiger partial charge on any atom is 0.165 e. The lowest BCUT2D eigenvalue weighted by atomic mass is 10.1. The molecule has 0 bridgehead atoms. The van der Waals surface area contributed by atoms with Gasteiger partial charge in [-0.1, -0.05) is 35.9 Å². The van der Waals surface area contributed by atoms with Crippen molar-refractivity contribution in [2.24, 2.45) is 0 Å². The van der Waals surface area contributed by atoms with Crippen LogP contribution in [-0.2, 0) is 6.42 Å². The van der Waals surface area contributed by atoms with E-state index < -0.39 is 0 Å². The smallest absolute Gasteiger partial charge is 0.165 e. The number of imidazole rings is 1. The Balaban J connectivity index is 1.89. The molecule has 0 fully saturated rings. The SMILES string of the molecule is Cc1cccc(Cc2nc3cccnc3n2-c2ccccn2)c1. The largest absolute Gasteiger partial charge is 0.264 e. The summed E-state index contributed by atoms with van der Waals surface area (Å²) in [4.78, 5) is 13.7. The highest BCUT2D eigenvalue weighted by molar-refractivity contribution is 5.73. The first-order chi connectivity index (χ1) is 11.3. The number of hydrogen-bond acceptors (Lipinski definition) is 3. The topological polar surface area (TPSA) is 43.6 Å². The molecule has 4 heteroatoms. The molecule has 0 spiro atoms. The van der Waals surface area contributed by atoms with Crippen molar-refractivity contribution in [3.63, 3.8) is 0 Å². The molecule has 0 atom stereocenters. The third-order valence-electron chi connectivity index (χ3n) is 3.81. The summed E-state index contributed by atoms with van der Waals surface area (Å²) >= 11 is 0. The second-order valence-electron chi connectivity index (χ2n) is 5.56. The number of rotatable bonds is 3. The van der Waals surface area contributed by atoms with Gasteiger partial charge in [0, 0.05) is 18.8 Å². The quantitative estimate of drug-likeness (QED) is 0.579. The molecule has 0 aliphatic rings. The van der Waals surface area contributed by atoms with E-state index in [1.54, 1.807) is 12.4 Å². The summed E-state index contributed by atoms with van der Waals surface area (Å²) in [5, 5.41) is 0. The van der Waals surface area contributed by atoms with Gasteiger partial charge >= 0.3 is 0 Å². The molecule has 4 aromatic rings. The van der Waals surface area contributed by atoms with Gasteiger partial charge in [0.1, 0.15) is 17.2 Å². The highest BCUT2D eigenvalue weighted by Gasteiger charge is 2.14. The van der Waals surface area contributed by atoms with Crippen molar-refractivity contribution in [1.29, 1.82) is 0 Å². The number of fused-ring (bicyclic) bond motifs is 1. The highest BCUT2D eigenvalue weighted by Crippen LogP contribution is 2.20. The molecule has 3 heterocycles. The average molecular weight is 300 g/mol. The second kappa shape index (κ2) is 5.65. The van der Waals surface area contributed by atoms with E-state index in [9.17, 15) is 0 Å². The average Bonchev–Trinajstić information content (AvgIpc) is 2.93. The fourth-order valence-electron chi connectivity index (χ4n) is 2.81. The van der Waals surface area contributed by atoms with E-state index in [1.807, 2.05) is 34.9 Å². The Hall–Kier alpha value is -3.01. The van der Waals surface area contributed by atoms with Crippen molar-refractivity contribution in [3.8, 4) is 5.82 Å². The molecule has 0 saturated heterocycles. The Kier molecular flexibility index (Phi) is 3.35. The number of aryl methyl sites for hydroxylation is 1. The molecule has 0 aliphatic heterocycles. The first-order valence-corrected chi connectivity index (χ1v) is 7.60. The summed E-state index contributed by atoms with van der Waals surface area (Å²) in [6.45, 7) is 2.10. The van der Waals surface area contributed by atoms with Crippen LogP contribution in [0.1, 0.15) is 17.0 Å². The standard InChI is InChI=1S/C19H16N4/c1-14-6-4-7-15(12-14)13-18-22-16-8-5-11-21-19(16)23(18)17-9-2-3-10-20-17/h2-12H,13H2,1H3. The zero-order valence-corrected chi connectivity index (χ0v) is 12.8. The van der Waals surface area contributed by atoms with Crippen molar-refractivity contribution >= 4 is 11.2 Å². The monoisotopic (exact) mass is 300 g/mol. The molecular weight excluding hydrogens is 284 g/mol. The molecule has 0 saturated carbocycles. The normalized spacial score (nSPS) is 11.0. The second-order valence-corrected chi connectivity index (χ2v) is 5.56. The van der Waals surface area contributed by atoms with E-state index >= 15 is 0 Å². The van der Waals surface area contributed by atoms with Crippen LogP contribution in [0, 0.1) is 6.92 Å². The predicted molar refractivity (Wildman–Crippen MR) is 90.6 cm³/mol. The molecule has 0 amide bonds. The molecule has 23 heavy (non-hydrogen) atoms. The molecule has 0 aliphatic carbocycles. The number of pyridine rings is 2. The predicted octanol–water partition coefficient (Wildman–Crippen LogP) is 3.71. The Morgan fingerprint density at radius 1 is 0.913 bits per heavy atom. The van der Waals surface area contributed by atoms with Crippen molar-refractivity contribution in [1.82, 2.24) is 19.5 Å². The van der Waals surface area contributed by atoms with Crippen molar-refractivity contribution < 1.29 is 0 Å². The van der Waals surface area contributed by atoms with Crippen molar-refractivity contribution in [2.75, 3.05) is 0 Å². The molecule has 0 radical (unpaired) electrons. The van der Waals surface area contributed by atoms with Gasteiger partial charge in [-0.3, -0.25) is 4.57 Å². The molecule has 112 valence electrons. The number of nitrogens with zero attached hydrogens (tertiary/aromatic N) is 4. The van der Waals surface area contributed by atoms with Gasteiger partial charge in [0.2, 0.25) is 0 Å². The van der Waals surface area contributed by atoms with Crippen molar-refractivity contribution in [3.05, 3.63) is 83.9 Å². The molecule has 4 rings (SSSR count). The van der Waals surface area contributed by atoms with E-state index in [0.717, 1.165) is 29.2 Å². The maximum atomic E-state index is 4.77. The number of hydrogen-bond donors (Lipinski definition) is 0. The minimum atomic E-state index is 0.745. The van der Waals surface area contributed by atoms with Crippen LogP contribution >= 0.6 is 0 Å². The molecule has 0 unspecified atom stereocenters. The van der Waals surface area contributed by atoms with E-state index in [2.05, 4.69) is 41.2 Å². The van der Waals surface area contributed by atoms with Gasteiger partial charge in [-0.2, -0.15) is 0 Å². The summed E-state index contributed by atoms with van der Waals surface area (Å²) in [7, 11) is 0. The van der Waals surface area contributed by atoms with E-state index in [0.29, 0.717) is 0 Å². The lowest BCUT2D eigenvalue weighted by Crippen LogP contribution is -2.04. The Morgan fingerprint density at radius 2 is 1.83 bits per heavy atom. The van der Waals surface area contributed by atoms with E-state index in [4.69, 9.17) is 4.98 Å². The van der Waals surface area contributed by atoms with Crippen LogP contribution in [0.15, 0.2) is 67.0 Å². The van der Waals surface area contributed by atoms with E-state index in [1.165, 1.54) is 11.1 Å². The van der Waals surface area contributed by atoms with Gasteiger partial charge in [0.25, 0.3) is 0 Å². The summed E-state index contributed by atoms with van der Waals surface area (Å²) in [6, 6.07) is 18.3. The Morgan fingerprint density at radius 3 is 2.65 bits per heavy atom. The lowest BCUT2D eigenvalue weighted by molar-refractivity contribution is 0.896.